The molecule has 0 radical (unpaired) electrons. The van der Waals surface area contributed by atoms with E-state index < -0.39 is 0 Å². The van der Waals surface area contributed by atoms with Crippen LogP contribution in [-0.2, 0) is 0 Å². The van der Waals surface area contributed by atoms with Crippen LogP contribution in [0.1, 0.15) is 5.56 Å². The number of nitrogen functional groups attached to an aromatic ring is 1. The first-order chi connectivity index (χ1) is 7.22. The van der Waals surface area contributed by atoms with E-state index in [1.54, 1.807) is 13.3 Å². The lowest BCUT2D eigenvalue weighted by molar-refractivity contribution is 0.412. The van der Waals surface area contributed by atoms with Crippen LogP contribution in [0, 0.1) is 6.92 Å². The molecule has 4 nitrogen and oxygen atoms in total. The molecule has 0 spiro atoms. The summed E-state index contributed by atoms with van der Waals surface area (Å²) in [5.41, 5.74) is 8.44. The van der Waals surface area contributed by atoms with Crippen LogP contribution in [0.25, 0.3) is 11.1 Å². The van der Waals surface area contributed by atoms with Crippen molar-refractivity contribution < 1.29 is 9.26 Å². The van der Waals surface area contributed by atoms with E-state index in [-0.39, 0.29) is 0 Å². The quantitative estimate of drug-likeness (QED) is 0.814. The normalized spacial score (nSPS) is 10.3. The summed E-state index contributed by atoms with van der Waals surface area (Å²) in [6.07, 6.45) is 1.60. The maximum atomic E-state index is 5.63. The van der Waals surface area contributed by atoms with Crippen molar-refractivity contribution in [1.29, 1.82) is 0 Å². The Bertz CT molecular complexity index is 477. The highest BCUT2D eigenvalue weighted by Gasteiger charge is 2.08. The van der Waals surface area contributed by atoms with Gasteiger partial charge in [-0.2, -0.15) is 0 Å². The zero-order valence-corrected chi connectivity index (χ0v) is 8.65. The van der Waals surface area contributed by atoms with Crippen LogP contribution in [0.3, 0.4) is 0 Å². The lowest BCUT2D eigenvalue weighted by Gasteiger charge is -2.06. The molecule has 0 saturated carbocycles. The monoisotopic (exact) mass is 204 g/mol. The molecule has 0 bridgehead atoms. The van der Waals surface area contributed by atoms with Gasteiger partial charge in [-0.15, -0.1) is 0 Å². The first kappa shape index (κ1) is 9.58. The number of ether oxygens (including phenoxy) is 1. The second-order valence-corrected chi connectivity index (χ2v) is 3.29. The van der Waals surface area contributed by atoms with Crippen molar-refractivity contribution in [2.45, 2.75) is 6.92 Å². The molecule has 0 amide bonds. The van der Waals surface area contributed by atoms with Crippen LogP contribution in [0.2, 0.25) is 0 Å². The molecule has 15 heavy (non-hydrogen) atoms. The van der Waals surface area contributed by atoms with Crippen molar-refractivity contribution in [3.63, 3.8) is 0 Å². The molecule has 1 heterocycles. The number of hydrogen-bond donors (Lipinski definition) is 1. The smallest absolute Gasteiger partial charge is 0.229 e. The Morgan fingerprint density at radius 2 is 2.20 bits per heavy atom. The zero-order valence-electron chi connectivity index (χ0n) is 8.65. The summed E-state index contributed by atoms with van der Waals surface area (Å²) in [5, 5.41) is 3.64. The summed E-state index contributed by atoms with van der Waals surface area (Å²) in [6, 6.07) is 5.85. The van der Waals surface area contributed by atoms with Gasteiger partial charge in [-0.1, -0.05) is 17.3 Å². The van der Waals surface area contributed by atoms with Gasteiger partial charge in [0.05, 0.1) is 18.9 Å². The lowest BCUT2D eigenvalue weighted by atomic mass is 10.1. The number of benzene rings is 1. The molecular weight excluding hydrogens is 192 g/mol. The van der Waals surface area contributed by atoms with E-state index in [1.807, 2.05) is 25.1 Å². The molecule has 2 rings (SSSR count). The third-order valence-electron chi connectivity index (χ3n) is 2.32. The van der Waals surface area contributed by atoms with E-state index in [1.165, 1.54) is 0 Å². The molecule has 0 aliphatic heterocycles. The Morgan fingerprint density at radius 1 is 1.40 bits per heavy atom. The highest BCUT2D eigenvalue weighted by Crippen LogP contribution is 2.29. The molecule has 0 atom stereocenters. The molecule has 1 aromatic carbocycles. The fraction of sp³-hybridized carbons (Fsp3) is 0.182. The van der Waals surface area contributed by atoms with Crippen molar-refractivity contribution in [2.75, 3.05) is 12.8 Å². The third-order valence-corrected chi connectivity index (χ3v) is 2.32. The molecule has 0 aliphatic rings. The van der Waals surface area contributed by atoms with Crippen molar-refractivity contribution in [3.05, 3.63) is 30.0 Å². The molecular formula is C11H12N2O2. The average molecular weight is 204 g/mol. The Morgan fingerprint density at radius 3 is 2.80 bits per heavy atom. The highest BCUT2D eigenvalue weighted by atomic mass is 16.5. The van der Waals surface area contributed by atoms with Crippen molar-refractivity contribution >= 4 is 5.88 Å². The maximum Gasteiger partial charge on any atom is 0.229 e. The Balaban J connectivity index is 2.51. The number of nitrogens with two attached hydrogens (primary N) is 1. The van der Waals surface area contributed by atoms with Crippen molar-refractivity contribution in [1.82, 2.24) is 5.16 Å². The Hall–Kier alpha value is -1.97. The minimum absolute atomic E-state index is 0.320. The highest BCUT2D eigenvalue weighted by molar-refractivity contribution is 5.73. The summed E-state index contributed by atoms with van der Waals surface area (Å²) < 4.78 is 10.0. The molecule has 0 saturated heterocycles. The van der Waals surface area contributed by atoms with Gasteiger partial charge in [0.2, 0.25) is 5.88 Å². The van der Waals surface area contributed by atoms with E-state index >= 15 is 0 Å². The molecule has 78 valence electrons. The second kappa shape index (κ2) is 3.65. The van der Waals surface area contributed by atoms with E-state index in [0.717, 1.165) is 22.4 Å². The topological polar surface area (TPSA) is 61.3 Å². The molecule has 2 aromatic rings. The minimum atomic E-state index is 0.320. The summed E-state index contributed by atoms with van der Waals surface area (Å²) in [7, 11) is 1.64. The first-order valence-corrected chi connectivity index (χ1v) is 4.57. The maximum absolute atomic E-state index is 5.63. The SMILES string of the molecule is COc1cc(-c2cnoc2N)ccc1C. The summed E-state index contributed by atoms with van der Waals surface area (Å²) in [5.74, 6) is 1.15. The fourth-order valence-electron chi connectivity index (χ4n) is 1.45. The lowest BCUT2D eigenvalue weighted by Crippen LogP contribution is -1.89. The van der Waals surface area contributed by atoms with Crippen LogP contribution in [-0.4, -0.2) is 12.3 Å². The van der Waals surface area contributed by atoms with E-state index in [0.29, 0.717) is 5.88 Å². The molecule has 0 aliphatic carbocycles. The summed E-state index contributed by atoms with van der Waals surface area (Å²) >= 11 is 0. The molecule has 0 fully saturated rings. The second-order valence-electron chi connectivity index (χ2n) is 3.29. The predicted molar refractivity (Wildman–Crippen MR) is 57.6 cm³/mol. The molecule has 4 heteroatoms. The number of rotatable bonds is 2. The number of anilines is 1. The van der Waals surface area contributed by atoms with Crippen LogP contribution in [0.4, 0.5) is 5.88 Å². The van der Waals surface area contributed by atoms with Gasteiger partial charge in [-0.3, -0.25) is 0 Å². The van der Waals surface area contributed by atoms with Gasteiger partial charge in [-0.25, -0.2) is 0 Å². The third kappa shape index (κ3) is 1.66. The largest absolute Gasteiger partial charge is 0.496 e. The van der Waals surface area contributed by atoms with Crippen LogP contribution in [0.15, 0.2) is 28.9 Å². The first-order valence-electron chi connectivity index (χ1n) is 4.57. The van der Waals surface area contributed by atoms with E-state index in [4.69, 9.17) is 15.0 Å². The van der Waals surface area contributed by atoms with Gasteiger partial charge >= 0.3 is 0 Å². The minimum Gasteiger partial charge on any atom is -0.496 e. The Labute approximate surface area is 87.6 Å². The Kier molecular flexibility index (Phi) is 2.33. The van der Waals surface area contributed by atoms with Crippen molar-refractivity contribution in [3.8, 4) is 16.9 Å². The van der Waals surface area contributed by atoms with Gasteiger partial charge in [-0.05, 0) is 24.1 Å². The van der Waals surface area contributed by atoms with Crippen LogP contribution in [0.5, 0.6) is 5.75 Å². The molecule has 0 unspecified atom stereocenters. The fourth-order valence-corrected chi connectivity index (χ4v) is 1.45. The van der Waals surface area contributed by atoms with Crippen LogP contribution >= 0.6 is 0 Å². The number of nitrogens with zero attached hydrogens (tertiary/aromatic N) is 1. The predicted octanol–water partition coefficient (Wildman–Crippen LogP) is 2.24. The summed E-state index contributed by atoms with van der Waals surface area (Å²) in [4.78, 5) is 0. The van der Waals surface area contributed by atoms with Gasteiger partial charge in [0.1, 0.15) is 5.75 Å². The van der Waals surface area contributed by atoms with Gasteiger partial charge in [0, 0.05) is 0 Å². The van der Waals surface area contributed by atoms with Gasteiger partial charge in [0.25, 0.3) is 0 Å². The van der Waals surface area contributed by atoms with E-state index in [9.17, 15) is 0 Å². The summed E-state index contributed by atoms with van der Waals surface area (Å²) in [6.45, 7) is 1.99. The molecule has 2 N–H and O–H groups in total. The van der Waals surface area contributed by atoms with Crippen molar-refractivity contribution in [2.24, 2.45) is 0 Å². The number of aryl methyl sites for hydroxylation is 1. The number of methoxy groups -OCH3 is 1. The number of aromatic nitrogens is 1. The van der Waals surface area contributed by atoms with Gasteiger partial charge in [0.15, 0.2) is 0 Å². The number of hydrogen-bond acceptors (Lipinski definition) is 4. The van der Waals surface area contributed by atoms with E-state index in [2.05, 4.69) is 5.16 Å². The van der Waals surface area contributed by atoms with Crippen LogP contribution < -0.4 is 10.5 Å². The molecule has 1 aromatic heterocycles. The van der Waals surface area contributed by atoms with Gasteiger partial charge < -0.3 is 15.0 Å². The standard InChI is InChI=1S/C11H12N2O2/c1-7-3-4-8(5-10(7)14-2)9-6-13-15-11(9)12/h3-6H,12H2,1-2H3. The zero-order chi connectivity index (χ0) is 10.8. The average Bonchev–Trinajstić information content (AvgIpc) is 2.65.